The van der Waals surface area contributed by atoms with E-state index in [0.717, 1.165) is 11.5 Å². The van der Waals surface area contributed by atoms with Crippen LogP contribution in [0.4, 0.5) is 0 Å². The fourth-order valence-electron chi connectivity index (χ4n) is 0.728. The summed E-state index contributed by atoms with van der Waals surface area (Å²) in [7, 11) is 3.27. The zero-order chi connectivity index (χ0) is 10.1. The van der Waals surface area contributed by atoms with E-state index in [0.29, 0.717) is 0 Å². The molecule has 0 fully saturated rings. The molecule has 0 amide bonds. The van der Waals surface area contributed by atoms with Gasteiger partial charge in [-0.05, 0) is 19.1 Å². The Labute approximate surface area is 78.9 Å². The fourth-order valence-corrected chi connectivity index (χ4v) is 0.728. The van der Waals surface area contributed by atoms with Crippen molar-refractivity contribution in [2.45, 2.75) is 6.92 Å². The van der Waals surface area contributed by atoms with Gasteiger partial charge in [0.2, 0.25) is 0 Å². The summed E-state index contributed by atoms with van der Waals surface area (Å²) in [6.07, 6.45) is 0. The van der Waals surface area contributed by atoms with Crippen LogP contribution in [0.5, 0.6) is 11.5 Å². The maximum Gasteiger partial charge on any atom is 0.122 e. The number of hydrogen-bond acceptors (Lipinski definition) is 3. The summed E-state index contributed by atoms with van der Waals surface area (Å²) in [4.78, 5) is 0. The third kappa shape index (κ3) is 5.09. The van der Waals surface area contributed by atoms with Crippen molar-refractivity contribution in [3.63, 3.8) is 0 Å². The molecule has 0 spiro atoms. The van der Waals surface area contributed by atoms with Crippen LogP contribution in [-0.2, 0) is 0 Å². The highest BCUT2D eigenvalue weighted by atomic mass is 16.5. The molecule has 0 atom stereocenters. The standard InChI is InChI=1S/C8H10O2.C2H6O/c1-9-7-4-3-5-8(6-7)10-2;1-2-3/h3-6H,1-2H3;3H,2H2,1H3. The van der Waals surface area contributed by atoms with Gasteiger partial charge in [-0.2, -0.15) is 0 Å². The quantitative estimate of drug-likeness (QED) is 0.760. The summed E-state index contributed by atoms with van der Waals surface area (Å²) in [5, 5.41) is 7.57. The number of methoxy groups -OCH3 is 2. The summed E-state index contributed by atoms with van der Waals surface area (Å²) in [5.74, 6) is 1.64. The van der Waals surface area contributed by atoms with Gasteiger partial charge in [-0.25, -0.2) is 0 Å². The van der Waals surface area contributed by atoms with Gasteiger partial charge in [0, 0.05) is 12.7 Å². The lowest BCUT2D eigenvalue weighted by molar-refractivity contribution is 0.318. The van der Waals surface area contributed by atoms with E-state index in [-0.39, 0.29) is 6.61 Å². The zero-order valence-corrected chi connectivity index (χ0v) is 8.28. The molecule has 0 bridgehead atoms. The number of aliphatic hydroxyl groups is 1. The average molecular weight is 184 g/mol. The molecule has 0 heterocycles. The second kappa shape index (κ2) is 7.43. The minimum Gasteiger partial charge on any atom is -0.497 e. The van der Waals surface area contributed by atoms with Crippen LogP contribution in [0.15, 0.2) is 24.3 Å². The Morgan fingerprint density at radius 2 is 1.54 bits per heavy atom. The molecule has 0 saturated carbocycles. The maximum atomic E-state index is 7.57. The van der Waals surface area contributed by atoms with Crippen molar-refractivity contribution in [2.24, 2.45) is 0 Å². The van der Waals surface area contributed by atoms with Crippen LogP contribution in [0, 0.1) is 0 Å². The van der Waals surface area contributed by atoms with E-state index in [1.54, 1.807) is 21.1 Å². The molecule has 3 nitrogen and oxygen atoms in total. The molecule has 0 radical (unpaired) electrons. The molecule has 3 heteroatoms. The first-order valence-corrected chi connectivity index (χ1v) is 4.07. The fraction of sp³-hybridized carbons (Fsp3) is 0.400. The van der Waals surface area contributed by atoms with Crippen molar-refractivity contribution in [3.8, 4) is 11.5 Å². The van der Waals surface area contributed by atoms with Crippen LogP contribution in [0.2, 0.25) is 0 Å². The second-order valence-corrected chi connectivity index (χ2v) is 2.20. The van der Waals surface area contributed by atoms with E-state index < -0.39 is 0 Å². The monoisotopic (exact) mass is 184 g/mol. The predicted molar refractivity (Wildman–Crippen MR) is 52.3 cm³/mol. The summed E-state index contributed by atoms with van der Waals surface area (Å²) in [6.45, 7) is 1.93. The van der Waals surface area contributed by atoms with Gasteiger partial charge in [0.1, 0.15) is 11.5 Å². The Bertz CT molecular complexity index is 204. The first-order chi connectivity index (χ1) is 6.28. The van der Waals surface area contributed by atoms with Gasteiger partial charge in [-0.1, -0.05) is 6.07 Å². The Hall–Kier alpha value is -1.22. The van der Waals surface area contributed by atoms with Gasteiger partial charge in [0.25, 0.3) is 0 Å². The largest absolute Gasteiger partial charge is 0.497 e. The first kappa shape index (κ1) is 11.8. The minimum atomic E-state index is 0.250. The van der Waals surface area contributed by atoms with Crippen LogP contribution >= 0.6 is 0 Å². The van der Waals surface area contributed by atoms with Gasteiger partial charge >= 0.3 is 0 Å². The molecule has 1 aromatic carbocycles. The molecule has 0 aliphatic heterocycles. The summed E-state index contributed by atoms with van der Waals surface area (Å²) >= 11 is 0. The number of rotatable bonds is 2. The number of ether oxygens (including phenoxy) is 2. The molecule has 1 aromatic rings. The van der Waals surface area contributed by atoms with E-state index in [9.17, 15) is 0 Å². The highest BCUT2D eigenvalue weighted by Gasteiger charge is 1.91. The highest BCUT2D eigenvalue weighted by Crippen LogP contribution is 2.17. The number of benzene rings is 1. The smallest absolute Gasteiger partial charge is 0.122 e. The van der Waals surface area contributed by atoms with Crippen LogP contribution in [-0.4, -0.2) is 25.9 Å². The van der Waals surface area contributed by atoms with Gasteiger partial charge in [-0.3, -0.25) is 0 Å². The second-order valence-electron chi connectivity index (χ2n) is 2.20. The maximum absolute atomic E-state index is 7.57. The van der Waals surface area contributed by atoms with Gasteiger partial charge < -0.3 is 14.6 Å². The van der Waals surface area contributed by atoms with Crippen molar-refractivity contribution in [3.05, 3.63) is 24.3 Å². The van der Waals surface area contributed by atoms with Crippen LogP contribution in [0.25, 0.3) is 0 Å². The van der Waals surface area contributed by atoms with Crippen molar-refractivity contribution < 1.29 is 14.6 Å². The molecule has 74 valence electrons. The Morgan fingerprint density at radius 3 is 1.85 bits per heavy atom. The Morgan fingerprint density at radius 1 is 1.15 bits per heavy atom. The molecule has 1 N–H and O–H groups in total. The molecule has 13 heavy (non-hydrogen) atoms. The molecule has 0 aliphatic rings. The van der Waals surface area contributed by atoms with E-state index in [4.69, 9.17) is 14.6 Å². The van der Waals surface area contributed by atoms with Crippen molar-refractivity contribution in [2.75, 3.05) is 20.8 Å². The molecule has 0 saturated heterocycles. The minimum absolute atomic E-state index is 0.250. The topological polar surface area (TPSA) is 38.7 Å². The van der Waals surface area contributed by atoms with E-state index in [1.165, 1.54) is 0 Å². The van der Waals surface area contributed by atoms with E-state index >= 15 is 0 Å². The summed E-state index contributed by atoms with van der Waals surface area (Å²) < 4.78 is 9.95. The predicted octanol–water partition coefficient (Wildman–Crippen LogP) is 1.70. The summed E-state index contributed by atoms with van der Waals surface area (Å²) in [5.41, 5.74) is 0. The SMILES string of the molecule is CCO.COc1cccc(OC)c1. The number of aliphatic hydroxyl groups excluding tert-OH is 1. The van der Waals surface area contributed by atoms with Crippen molar-refractivity contribution in [1.29, 1.82) is 0 Å². The zero-order valence-electron chi connectivity index (χ0n) is 8.28. The van der Waals surface area contributed by atoms with E-state index in [2.05, 4.69) is 0 Å². The third-order valence-corrected chi connectivity index (χ3v) is 1.28. The molecule has 0 unspecified atom stereocenters. The molecule has 1 rings (SSSR count). The average Bonchev–Trinajstić information content (AvgIpc) is 2.19. The van der Waals surface area contributed by atoms with Gasteiger partial charge in [0.05, 0.1) is 14.2 Å². The van der Waals surface area contributed by atoms with Gasteiger partial charge in [-0.15, -0.1) is 0 Å². The van der Waals surface area contributed by atoms with Crippen LogP contribution in [0.3, 0.4) is 0 Å². The Balaban J connectivity index is 0.000000424. The molecule has 0 aliphatic carbocycles. The third-order valence-electron chi connectivity index (χ3n) is 1.28. The number of hydrogen-bond donors (Lipinski definition) is 1. The van der Waals surface area contributed by atoms with Crippen molar-refractivity contribution in [1.82, 2.24) is 0 Å². The molecule has 0 aromatic heterocycles. The first-order valence-electron chi connectivity index (χ1n) is 4.07. The van der Waals surface area contributed by atoms with Crippen molar-refractivity contribution >= 4 is 0 Å². The molecular weight excluding hydrogens is 168 g/mol. The lowest BCUT2D eigenvalue weighted by Gasteiger charge is -2.01. The summed E-state index contributed by atoms with van der Waals surface area (Å²) in [6, 6.07) is 7.47. The van der Waals surface area contributed by atoms with Crippen LogP contribution < -0.4 is 9.47 Å². The normalized spacial score (nSPS) is 8.31. The lowest BCUT2D eigenvalue weighted by atomic mass is 10.3. The van der Waals surface area contributed by atoms with Crippen LogP contribution in [0.1, 0.15) is 6.92 Å². The molecular formula is C10H16O3. The van der Waals surface area contributed by atoms with E-state index in [1.807, 2.05) is 24.3 Å². The highest BCUT2D eigenvalue weighted by molar-refractivity contribution is 5.32. The lowest BCUT2D eigenvalue weighted by Crippen LogP contribution is -1.84. The Kier molecular flexibility index (Phi) is 6.73. The van der Waals surface area contributed by atoms with Gasteiger partial charge in [0.15, 0.2) is 0 Å².